The Morgan fingerprint density at radius 2 is 1.76 bits per heavy atom. The number of rotatable bonds is 6. The van der Waals surface area contributed by atoms with Crippen molar-refractivity contribution in [1.82, 2.24) is 9.62 Å². The first-order chi connectivity index (χ1) is 13.7. The molecule has 5 nitrogen and oxygen atoms in total. The van der Waals surface area contributed by atoms with E-state index in [-0.39, 0.29) is 11.9 Å². The summed E-state index contributed by atoms with van der Waals surface area (Å²) < 4.78 is 28.3. The average Bonchev–Trinajstić information content (AvgIpc) is 2.67. The first kappa shape index (κ1) is 21.8. The van der Waals surface area contributed by atoms with Gasteiger partial charge in [0.25, 0.3) is 0 Å². The van der Waals surface area contributed by atoms with Crippen LogP contribution in [0, 0.1) is 13.8 Å². The third-order valence-electron chi connectivity index (χ3n) is 5.33. The van der Waals surface area contributed by atoms with Gasteiger partial charge in [0.1, 0.15) is 0 Å². The molecule has 0 atom stereocenters. The highest BCUT2D eigenvalue weighted by Crippen LogP contribution is 2.20. The third-order valence-corrected chi connectivity index (χ3v) is 7.26. The summed E-state index contributed by atoms with van der Waals surface area (Å²) in [5, 5.41) is 0.686. The highest BCUT2D eigenvalue weighted by atomic mass is 35.5. The minimum atomic E-state index is -3.56. The fraction of sp³-hybridized carbons (Fsp3) is 0.409. The molecule has 3 rings (SSSR count). The SMILES string of the molecule is Cc1ccc(S(=O)(=O)NC2CCN(C(=O)CCc3ccc(Cl)cc3)CC2)c(C)c1. The molecule has 0 aromatic heterocycles. The van der Waals surface area contributed by atoms with Gasteiger partial charge in [-0.25, -0.2) is 13.1 Å². The Bertz CT molecular complexity index is 966. The molecule has 2 aromatic carbocycles. The molecule has 0 unspecified atom stereocenters. The molecule has 0 bridgehead atoms. The Morgan fingerprint density at radius 3 is 2.38 bits per heavy atom. The first-order valence-electron chi connectivity index (χ1n) is 9.86. The molecule has 1 aliphatic heterocycles. The van der Waals surface area contributed by atoms with Crippen molar-refractivity contribution in [2.45, 2.75) is 50.5 Å². The molecule has 1 saturated heterocycles. The second-order valence-corrected chi connectivity index (χ2v) is 9.79. The van der Waals surface area contributed by atoms with Gasteiger partial charge in [-0.15, -0.1) is 0 Å². The van der Waals surface area contributed by atoms with E-state index < -0.39 is 10.0 Å². The number of sulfonamides is 1. The van der Waals surface area contributed by atoms with Gasteiger partial charge in [0.2, 0.25) is 15.9 Å². The topological polar surface area (TPSA) is 66.5 Å². The van der Waals surface area contributed by atoms with Gasteiger partial charge < -0.3 is 4.90 Å². The van der Waals surface area contributed by atoms with Crippen molar-refractivity contribution >= 4 is 27.5 Å². The van der Waals surface area contributed by atoms with E-state index in [9.17, 15) is 13.2 Å². The van der Waals surface area contributed by atoms with E-state index in [1.165, 1.54) is 0 Å². The van der Waals surface area contributed by atoms with Crippen LogP contribution in [0.1, 0.15) is 36.0 Å². The van der Waals surface area contributed by atoms with E-state index in [2.05, 4.69) is 4.72 Å². The molecule has 0 saturated carbocycles. The van der Waals surface area contributed by atoms with Crippen LogP contribution in [0.25, 0.3) is 0 Å². The van der Waals surface area contributed by atoms with Gasteiger partial charge in [-0.2, -0.15) is 0 Å². The number of hydrogen-bond donors (Lipinski definition) is 1. The van der Waals surface area contributed by atoms with Crippen molar-refractivity contribution in [2.75, 3.05) is 13.1 Å². The third kappa shape index (κ3) is 5.81. The normalized spacial score (nSPS) is 15.5. The van der Waals surface area contributed by atoms with Gasteiger partial charge in [0, 0.05) is 30.6 Å². The molecule has 0 spiro atoms. The van der Waals surface area contributed by atoms with Crippen LogP contribution in [0.5, 0.6) is 0 Å². The number of hydrogen-bond acceptors (Lipinski definition) is 3. The number of carbonyl (C=O) groups is 1. The summed E-state index contributed by atoms with van der Waals surface area (Å²) in [6, 6.07) is 12.7. The lowest BCUT2D eigenvalue weighted by atomic mass is 10.0. The van der Waals surface area contributed by atoms with E-state index in [4.69, 9.17) is 11.6 Å². The average molecular weight is 435 g/mol. The highest BCUT2D eigenvalue weighted by Gasteiger charge is 2.27. The number of nitrogens with one attached hydrogen (secondary N) is 1. The largest absolute Gasteiger partial charge is 0.343 e. The Kier molecular flexibility index (Phi) is 6.98. The zero-order valence-electron chi connectivity index (χ0n) is 16.8. The standard InChI is InChI=1S/C22H27ClN2O3S/c1-16-3-9-21(17(2)15-16)29(27,28)24-20-11-13-25(14-12-20)22(26)10-6-18-4-7-19(23)8-5-18/h3-5,7-9,15,20,24H,6,10-14H2,1-2H3. The summed E-state index contributed by atoms with van der Waals surface area (Å²) in [6.45, 7) is 4.89. The Balaban J connectivity index is 1.50. The minimum absolute atomic E-state index is 0.107. The molecule has 1 aliphatic rings. The van der Waals surface area contributed by atoms with E-state index in [1.807, 2.05) is 55.1 Å². The number of halogens is 1. The smallest absolute Gasteiger partial charge is 0.241 e. The van der Waals surface area contributed by atoms with Crippen LogP contribution in [-0.2, 0) is 21.2 Å². The number of aryl methyl sites for hydroxylation is 3. The highest BCUT2D eigenvalue weighted by molar-refractivity contribution is 7.89. The fourth-order valence-corrected chi connectivity index (χ4v) is 5.35. The summed E-state index contributed by atoms with van der Waals surface area (Å²) in [5.41, 5.74) is 2.86. The summed E-state index contributed by atoms with van der Waals surface area (Å²) in [7, 11) is -3.56. The molecule has 1 amide bonds. The second kappa shape index (κ2) is 9.28. The van der Waals surface area contributed by atoms with Crippen molar-refractivity contribution in [3.63, 3.8) is 0 Å². The van der Waals surface area contributed by atoms with Crippen LogP contribution in [-0.4, -0.2) is 38.4 Å². The summed E-state index contributed by atoms with van der Waals surface area (Å²) in [5.74, 6) is 0.107. The van der Waals surface area contributed by atoms with E-state index >= 15 is 0 Å². The van der Waals surface area contributed by atoms with Gasteiger partial charge in [-0.3, -0.25) is 4.79 Å². The molecule has 1 N–H and O–H groups in total. The lowest BCUT2D eigenvalue weighted by Crippen LogP contribution is -2.46. The molecule has 0 radical (unpaired) electrons. The maximum Gasteiger partial charge on any atom is 0.241 e. The maximum absolute atomic E-state index is 12.7. The van der Waals surface area contributed by atoms with E-state index in [0.29, 0.717) is 48.7 Å². The summed E-state index contributed by atoms with van der Waals surface area (Å²) in [6.07, 6.45) is 2.36. The number of carbonyl (C=O) groups excluding carboxylic acids is 1. The van der Waals surface area contributed by atoms with Gasteiger partial charge in [0.15, 0.2) is 0 Å². The van der Waals surface area contributed by atoms with Crippen LogP contribution in [0.2, 0.25) is 5.02 Å². The molecule has 29 heavy (non-hydrogen) atoms. The monoisotopic (exact) mass is 434 g/mol. The molecule has 2 aromatic rings. The van der Waals surface area contributed by atoms with Gasteiger partial charge in [-0.1, -0.05) is 41.4 Å². The van der Waals surface area contributed by atoms with Crippen LogP contribution in [0.15, 0.2) is 47.4 Å². The Hall–Kier alpha value is -1.89. The van der Waals surface area contributed by atoms with Crippen molar-refractivity contribution in [3.8, 4) is 0 Å². The van der Waals surface area contributed by atoms with Gasteiger partial charge >= 0.3 is 0 Å². The molecular formula is C22H27ClN2O3S. The molecule has 156 valence electrons. The minimum Gasteiger partial charge on any atom is -0.343 e. The quantitative estimate of drug-likeness (QED) is 0.750. The summed E-state index contributed by atoms with van der Waals surface area (Å²) in [4.78, 5) is 14.6. The first-order valence-corrected chi connectivity index (χ1v) is 11.7. The van der Waals surface area contributed by atoms with Crippen molar-refractivity contribution in [2.24, 2.45) is 0 Å². The second-order valence-electron chi connectivity index (χ2n) is 7.67. The lowest BCUT2D eigenvalue weighted by Gasteiger charge is -2.32. The fourth-order valence-electron chi connectivity index (χ4n) is 3.69. The van der Waals surface area contributed by atoms with Gasteiger partial charge in [-0.05, 0) is 62.4 Å². The predicted octanol–water partition coefficient (Wildman–Crippen LogP) is 3.86. The van der Waals surface area contributed by atoms with Crippen LogP contribution >= 0.6 is 11.6 Å². The van der Waals surface area contributed by atoms with E-state index in [1.54, 1.807) is 6.07 Å². The lowest BCUT2D eigenvalue weighted by molar-refractivity contribution is -0.132. The zero-order chi connectivity index (χ0) is 21.0. The maximum atomic E-state index is 12.7. The molecule has 7 heteroatoms. The molecule has 1 heterocycles. The Morgan fingerprint density at radius 1 is 1.10 bits per heavy atom. The van der Waals surface area contributed by atoms with Gasteiger partial charge in [0.05, 0.1) is 4.90 Å². The van der Waals surface area contributed by atoms with Crippen LogP contribution in [0.4, 0.5) is 0 Å². The van der Waals surface area contributed by atoms with Crippen LogP contribution < -0.4 is 4.72 Å². The number of nitrogens with zero attached hydrogens (tertiary/aromatic N) is 1. The number of benzene rings is 2. The Labute approximate surface area is 178 Å². The van der Waals surface area contributed by atoms with Crippen molar-refractivity contribution in [1.29, 1.82) is 0 Å². The summed E-state index contributed by atoms with van der Waals surface area (Å²) >= 11 is 5.89. The van der Waals surface area contributed by atoms with Crippen LogP contribution in [0.3, 0.4) is 0 Å². The molecule has 0 aliphatic carbocycles. The van der Waals surface area contributed by atoms with Crippen molar-refractivity contribution in [3.05, 3.63) is 64.2 Å². The predicted molar refractivity (Wildman–Crippen MR) is 116 cm³/mol. The number of amides is 1. The zero-order valence-corrected chi connectivity index (χ0v) is 18.4. The number of piperidine rings is 1. The molecule has 1 fully saturated rings. The van der Waals surface area contributed by atoms with E-state index in [0.717, 1.165) is 16.7 Å². The molecular weight excluding hydrogens is 408 g/mol. The van der Waals surface area contributed by atoms with Crippen molar-refractivity contribution < 1.29 is 13.2 Å². The number of likely N-dealkylation sites (tertiary alicyclic amines) is 1.